The number of nitrogens with zero attached hydrogens (tertiary/aromatic N) is 4. The van der Waals surface area contributed by atoms with E-state index in [1.807, 2.05) is 0 Å². The van der Waals surface area contributed by atoms with Crippen LogP contribution in [0.3, 0.4) is 0 Å². The first-order chi connectivity index (χ1) is 11.3. The molecule has 0 saturated carbocycles. The number of hydrogen-bond acceptors (Lipinski definition) is 6. The molecule has 0 N–H and O–H groups in total. The van der Waals surface area contributed by atoms with E-state index in [-0.39, 0.29) is 0 Å². The van der Waals surface area contributed by atoms with Crippen LogP contribution in [0.2, 0.25) is 0 Å². The highest BCUT2D eigenvalue weighted by Crippen LogP contribution is 2.20. The van der Waals surface area contributed by atoms with Crippen molar-refractivity contribution in [3.8, 4) is 0 Å². The first kappa shape index (κ1) is 16.4. The Kier molecular flexibility index (Phi) is 5.96. The second-order valence-electron chi connectivity index (χ2n) is 5.84. The van der Waals surface area contributed by atoms with Gasteiger partial charge in [-0.3, -0.25) is 4.90 Å². The summed E-state index contributed by atoms with van der Waals surface area (Å²) in [7, 11) is 1.71. The zero-order valence-corrected chi connectivity index (χ0v) is 14.5. The third-order valence-corrected chi connectivity index (χ3v) is 4.91. The average Bonchev–Trinajstić information content (AvgIpc) is 2.93. The summed E-state index contributed by atoms with van der Waals surface area (Å²) in [4.78, 5) is 9.56. The number of hydrogen-bond donors (Lipinski definition) is 0. The molecule has 0 amide bonds. The van der Waals surface area contributed by atoms with Crippen molar-refractivity contribution in [3.05, 3.63) is 41.7 Å². The van der Waals surface area contributed by atoms with Crippen LogP contribution in [0.15, 0.2) is 30.3 Å². The molecule has 1 aromatic carbocycles. The molecule has 1 aromatic heterocycles. The highest BCUT2D eigenvalue weighted by atomic mass is 32.1. The van der Waals surface area contributed by atoms with Crippen molar-refractivity contribution >= 4 is 16.7 Å². The van der Waals surface area contributed by atoms with Gasteiger partial charge in [0.1, 0.15) is 5.82 Å². The van der Waals surface area contributed by atoms with Crippen LogP contribution < -0.4 is 4.90 Å². The maximum Gasteiger partial charge on any atom is 0.205 e. The molecule has 6 heteroatoms. The maximum atomic E-state index is 5.10. The lowest BCUT2D eigenvalue weighted by Crippen LogP contribution is -2.30. The number of anilines is 1. The minimum atomic E-state index is 0.682. The van der Waals surface area contributed by atoms with E-state index in [4.69, 9.17) is 4.74 Å². The molecule has 0 aliphatic carbocycles. The molecule has 0 radical (unpaired) electrons. The van der Waals surface area contributed by atoms with Gasteiger partial charge in [-0.25, -0.2) is 4.98 Å². The van der Waals surface area contributed by atoms with Gasteiger partial charge in [0.15, 0.2) is 0 Å². The van der Waals surface area contributed by atoms with E-state index in [0.29, 0.717) is 6.61 Å². The van der Waals surface area contributed by atoms with Crippen molar-refractivity contribution < 1.29 is 4.74 Å². The van der Waals surface area contributed by atoms with Crippen molar-refractivity contribution in [2.75, 3.05) is 44.8 Å². The quantitative estimate of drug-likeness (QED) is 0.813. The molecule has 23 heavy (non-hydrogen) atoms. The number of methoxy groups -OCH3 is 1. The summed E-state index contributed by atoms with van der Waals surface area (Å²) in [6.07, 6.45) is 1.96. The van der Waals surface area contributed by atoms with Gasteiger partial charge >= 0.3 is 0 Å². The van der Waals surface area contributed by atoms with Crippen LogP contribution in [-0.4, -0.2) is 54.2 Å². The third-order valence-electron chi connectivity index (χ3n) is 4.10. The van der Waals surface area contributed by atoms with Gasteiger partial charge in [0.2, 0.25) is 5.13 Å². The zero-order chi connectivity index (χ0) is 15.9. The average molecular weight is 332 g/mol. The van der Waals surface area contributed by atoms with Crippen molar-refractivity contribution in [1.82, 2.24) is 14.3 Å². The molecule has 1 aliphatic rings. The van der Waals surface area contributed by atoms with E-state index < -0.39 is 0 Å². The molecule has 2 heterocycles. The fraction of sp³-hybridized carbons (Fsp3) is 0.529. The van der Waals surface area contributed by atoms with Gasteiger partial charge in [-0.05, 0) is 12.0 Å². The van der Waals surface area contributed by atoms with Gasteiger partial charge in [-0.2, -0.15) is 4.37 Å². The Labute approximate surface area is 142 Å². The summed E-state index contributed by atoms with van der Waals surface area (Å²) >= 11 is 1.51. The molecule has 0 spiro atoms. The zero-order valence-electron chi connectivity index (χ0n) is 13.6. The Hall–Kier alpha value is -1.50. The van der Waals surface area contributed by atoms with E-state index in [1.165, 1.54) is 23.5 Å². The van der Waals surface area contributed by atoms with Crippen LogP contribution in [0, 0.1) is 0 Å². The third kappa shape index (κ3) is 4.73. The first-order valence-corrected chi connectivity index (χ1v) is 8.95. The molecule has 124 valence electrons. The molecule has 3 rings (SSSR count). The van der Waals surface area contributed by atoms with Crippen LogP contribution >= 0.6 is 11.5 Å². The highest BCUT2D eigenvalue weighted by molar-refractivity contribution is 7.09. The lowest BCUT2D eigenvalue weighted by molar-refractivity contribution is 0.201. The van der Waals surface area contributed by atoms with Gasteiger partial charge < -0.3 is 9.64 Å². The molecular formula is C17H24N4OS. The monoisotopic (exact) mass is 332 g/mol. The topological polar surface area (TPSA) is 41.5 Å². The van der Waals surface area contributed by atoms with Crippen molar-refractivity contribution in [3.63, 3.8) is 0 Å². The lowest BCUT2D eigenvalue weighted by Gasteiger charge is -2.21. The summed E-state index contributed by atoms with van der Waals surface area (Å²) < 4.78 is 9.54. The minimum absolute atomic E-state index is 0.682. The fourth-order valence-electron chi connectivity index (χ4n) is 2.83. The van der Waals surface area contributed by atoms with Crippen LogP contribution in [0.4, 0.5) is 5.13 Å². The molecule has 1 aliphatic heterocycles. The molecule has 0 bridgehead atoms. The van der Waals surface area contributed by atoms with Gasteiger partial charge in [0.25, 0.3) is 0 Å². The van der Waals surface area contributed by atoms with Crippen LogP contribution in [0.5, 0.6) is 0 Å². The van der Waals surface area contributed by atoms with E-state index in [1.54, 1.807) is 7.11 Å². The van der Waals surface area contributed by atoms with Crippen LogP contribution in [0.25, 0.3) is 0 Å². The maximum absolute atomic E-state index is 5.10. The molecule has 1 saturated heterocycles. The molecular weight excluding hydrogens is 308 g/mol. The number of benzene rings is 1. The molecule has 5 nitrogen and oxygen atoms in total. The number of aromatic nitrogens is 2. The Bertz CT molecular complexity index is 589. The highest BCUT2D eigenvalue weighted by Gasteiger charge is 2.18. The Morgan fingerprint density at radius 1 is 1.13 bits per heavy atom. The normalized spacial score (nSPS) is 16.5. The van der Waals surface area contributed by atoms with Gasteiger partial charge in [0.05, 0.1) is 6.61 Å². The summed E-state index contributed by atoms with van der Waals surface area (Å²) in [6.45, 7) is 6.00. The van der Waals surface area contributed by atoms with Gasteiger partial charge in [0, 0.05) is 57.8 Å². The van der Waals surface area contributed by atoms with Gasteiger partial charge in [-0.1, -0.05) is 30.3 Å². The summed E-state index contributed by atoms with van der Waals surface area (Å²) in [5.74, 6) is 0.900. The molecule has 0 unspecified atom stereocenters. The van der Waals surface area contributed by atoms with E-state index >= 15 is 0 Å². The molecule has 0 atom stereocenters. The smallest absolute Gasteiger partial charge is 0.205 e. The number of ether oxygens (including phenoxy) is 1. The molecule has 1 fully saturated rings. The summed E-state index contributed by atoms with van der Waals surface area (Å²) in [5, 5.41) is 1.05. The largest absolute Gasteiger partial charge is 0.384 e. The van der Waals surface area contributed by atoms with Crippen molar-refractivity contribution in [1.29, 1.82) is 0 Å². The second-order valence-corrected chi connectivity index (χ2v) is 6.57. The Morgan fingerprint density at radius 2 is 2.00 bits per heavy atom. The predicted molar refractivity (Wildman–Crippen MR) is 94.0 cm³/mol. The van der Waals surface area contributed by atoms with Crippen LogP contribution in [-0.2, 0) is 17.7 Å². The van der Waals surface area contributed by atoms with E-state index in [0.717, 1.165) is 50.1 Å². The fourth-order valence-corrected chi connectivity index (χ4v) is 3.59. The standard InChI is InChI=1S/C17H24N4OS/c1-22-13-8-16-18-17(23-19-16)21-10-5-9-20(11-12-21)14-15-6-3-2-4-7-15/h2-4,6-7H,5,8-14H2,1H3. The summed E-state index contributed by atoms with van der Waals surface area (Å²) in [5.41, 5.74) is 1.39. The van der Waals surface area contributed by atoms with E-state index in [9.17, 15) is 0 Å². The summed E-state index contributed by atoms with van der Waals surface area (Å²) in [6, 6.07) is 10.7. The van der Waals surface area contributed by atoms with Crippen molar-refractivity contribution in [2.45, 2.75) is 19.4 Å². The van der Waals surface area contributed by atoms with Crippen molar-refractivity contribution in [2.24, 2.45) is 0 Å². The predicted octanol–water partition coefficient (Wildman–Crippen LogP) is 2.44. The Morgan fingerprint density at radius 3 is 2.83 bits per heavy atom. The Balaban J connectivity index is 1.54. The molecule has 2 aromatic rings. The SMILES string of the molecule is COCCc1nsc(N2CCCN(Cc3ccccc3)CC2)n1. The first-order valence-electron chi connectivity index (χ1n) is 8.18. The van der Waals surface area contributed by atoms with Gasteiger partial charge in [-0.15, -0.1) is 0 Å². The lowest BCUT2D eigenvalue weighted by atomic mass is 10.2. The second kappa shape index (κ2) is 8.38. The number of rotatable bonds is 6. The minimum Gasteiger partial charge on any atom is -0.384 e. The van der Waals surface area contributed by atoms with E-state index in [2.05, 4.69) is 49.5 Å². The van der Waals surface area contributed by atoms with Crippen LogP contribution in [0.1, 0.15) is 17.8 Å².